The van der Waals surface area contributed by atoms with E-state index in [0.717, 1.165) is 75.4 Å². The minimum absolute atomic E-state index is 0.0127. The molecule has 2 saturated heterocycles. The van der Waals surface area contributed by atoms with Crippen molar-refractivity contribution >= 4 is 46.1 Å². The summed E-state index contributed by atoms with van der Waals surface area (Å²) >= 11 is 0. The van der Waals surface area contributed by atoms with E-state index in [2.05, 4.69) is 45.7 Å². The second-order valence-corrected chi connectivity index (χ2v) is 13.7. The summed E-state index contributed by atoms with van der Waals surface area (Å²) < 4.78 is 32.0. The number of imidazole rings is 1. The van der Waals surface area contributed by atoms with Gasteiger partial charge in [-0.1, -0.05) is 6.07 Å². The highest BCUT2D eigenvalue weighted by Gasteiger charge is 2.24. The van der Waals surface area contributed by atoms with Crippen LogP contribution in [0.15, 0.2) is 60.9 Å². The number of pyridine rings is 1. The Hall–Kier alpha value is -5.54. The zero-order valence-electron chi connectivity index (χ0n) is 30.1. The van der Waals surface area contributed by atoms with Gasteiger partial charge in [0.15, 0.2) is 11.6 Å². The van der Waals surface area contributed by atoms with E-state index in [1.807, 2.05) is 67.9 Å². The molecule has 3 amide bonds. The first-order valence-electron chi connectivity index (χ1n) is 17.9. The first-order chi connectivity index (χ1) is 25.6. The van der Waals surface area contributed by atoms with Gasteiger partial charge < -0.3 is 20.1 Å². The van der Waals surface area contributed by atoms with E-state index < -0.39 is 11.6 Å². The Bertz CT molecular complexity index is 2100. The molecule has 3 N–H and O–H groups in total. The van der Waals surface area contributed by atoms with E-state index in [1.54, 1.807) is 11.0 Å². The smallest absolute Gasteiger partial charge is 0.328 e. The normalized spacial score (nSPS) is 15.7. The number of aryl methyl sites for hydroxylation is 1. The van der Waals surface area contributed by atoms with Crippen molar-refractivity contribution in [2.45, 2.75) is 46.2 Å². The fraction of sp³-hybridized carbons (Fsp3) is 0.368. The Labute approximate surface area is 306 Å². The van der Waals surface area contributed by atoms with Crippen molar-refractivity contribution in [3.63, 3.8) is 0 Å². The van der Waals surface area contributed by atoms with Gasteiger partial charge in [0.25, 0.3) is 0 Å². The second kappa shape index (κ2) is 15.6. The van der Waals surface area contributed by atoms with Crippen molar-refractivity contribution < 1.29 is 18.4 Å². The number of benzene rings is 2. The van der Waals surface area contributed by atoms with Gasteiger partial charge in [-0.15, -0.1) is 0 Å². The Morgan fingerprint density at radius 2 is 1.66 bits per heavy atom. The van der Waals surface area contributed by atoms with Crippen LogP contribution in [0.4, 0.5) is 36.7 Å². The van der Waals surface area contributed by atoms with Crippen LogP contribution in [0, 0.1) is 18.6 Å². The number of urea groups is 1. The van der Waals surface area contributed by atoms with Crippen molar-refractivity contribution in [2.75, 3.05) is 61.3 Å². The maximum absolute atomic E-state index is 15.1. The molecule has 5 aromatic rings. The number of hydrogen-bond acceptors (Lipinski definition) is 10. The Kier molecular flexibility index (Phi) is 10.5. The van der Waals surface area contributed by atoms with Gasteiger partial charge in [0.2, 0.25) is 11.9 Å². The lowest BCUT2D eigenvalue weighted by atomic mass is 10.1. The Balaban J connectivity index is 0.863. The molecule has 5 heterocycles. The van der Waals surface area contributed by atoms with Gasteiger partial charge in [0, 0.05) is 81.4 Å². The van der Waals surface area contributed by atoms with Crippen molar-refractivity contribution in [1.82, 2.24) is 39.6 Å². The predicted molar refractivity (Wildman–Crippen MR) is 200 cm³/mol. The van der Waals surface area contributed by atoms with Crippen LogP contribution in [-0.4, -0.2) is 92.1 Å². The van der Waals surface area contributed by atoms with Crippen molar-refractivity contribution in [3.8, 4) is 11.3 Å². The molecule has 2 fully saturated rings. The molecule has 0 radical (unpaired) electrons. The van der Waals surface area contributed by atoms with Gasteiger partial charge in [0.05, 0.1) is 11.7 Å². The monoisotopic (exact) mass is 723 g/mol. The molecule has 2 aliphatic heterocycles. The second-order valence-electron chi connectivity index (χ2n) is 13.7. The summed E-state index contributed by atoms with van der Waals surface area (Å²) in [5.41, 5.74) is 3.96. The van der Waals surface area contributed by atoms with Crippen molar-refractivity contribution in [2.24, 2.45) is 0 Å². The standard InChI is InChI=1S/C38H43F2N11O2/c1-24(2)51-25(3)44-36-30(39)19-27(20-32(36)51)35-31(40)22-43-37(47-35)45-33-10-5-26(21-42-33)23-49-17-15-48(16-18-49)13-4-12-41-28-6-8-29(9-7-28)50-14-11-34(52)46-38(50)53/h5-10,19-22,24,41H,4,11-18,23H2,1-3H3,(H,46,52,53)(H,42,43,45,47). The summed E-state index contributed by atoms with van der Waals surface area (Å²) in [5.74, 6) is -0.0758. The number of aromatic nitrogens is 5. The highest BCUT2D eigenvalue weighted by molar-refractivity contribution is 6.05. The minimum atomic E-state index is -0.656. The predicted octanol–water partition coefficient (Wildman–Crippen LogP) is 5.87. The number of fused-ring (bicyclic) bond motifs is 1. The molecule has 0 aliphatic carbocycles. The van der Waals surface area contributed by atoms with E-state index in [-0.39, 0.29) is 35.1 Å². The number of piperazine rings is 1. The lowest BCUT2D eigenvalue weighted by molar-refractivity contribution is -0.120. The summed E-state index contributed by atoms with van der Waals surface area (Å²) in [6.07, 6.45) is 4.20. The van der Waals surface area contributed by atoms with Gasteiger partial charge in [-0.3, -0.25) is 19.9 Å². The molecule has 0 unspecified atom stereocenters. The molecule has 15 heteroatoms. The molecule has 0 spiro atoms. The number of nitrogens with zero attached hydrogens (tertiary/aromatic N) is 8. The number of rotatable bonds is 12. The van der Waals surface area contributed by atoms with E-state index in [0.29, 0.717) is 35.7 Å². The highest BCUT2D eigenvalue weighted by atomic mass is 19.1. The van der Waals surface area contributed by atoms with E-state index in [9.17, 15) is 14.0 Å². The van der Waals surface area contributed by atoms with Crippen LogP contribution in [0.3, 0.4) is 0 Å². The van der Waals surface area contributed by atoms with E-state index in [1.165, 1.54) is 6.07 Å². The molecule has 2 aliphatic rings. The zero-order chi connectivity index (χ0) is 37.1. The summed E-state index contributed by atoms with van der Waals surface area (Å²) in [4.78, 5) is 47.3. The highest BCUT2D eigenvalue weighted by Crippen LogP contribution is 2.30. The van der Waals surface area contributed by atoms with Crippen molar-refractivity contribution in [3.05, 3.63) is 83.9 Å². The molecule has 13 nitrogen and oxygen atoms in total. The average molecular weight is 724 g/mol. The third-order valence-electron chi connectivity index (χ3n) is 9.61. The largest absolute Gasteiger partial charge is 0.385 e. The molecule has 276 valence electrons. The first-order valence-corrected chi connectivity index (χ1v) is 17.9. The summed E-state index contributed by atoms with van der Waals surface area (Å²) in [7, 11) is 0. The topological polar surface area (TPSA) is 136 Å². The van der Waals surface area contributed by atoms with Gasteiger partial charge in [-0.05, 0) is 81.8 Å². The van der Waals surface area contributed by atoms with Crippen LogP contribution < -0.4 is 20.9 Å². The number of carbonyl (C=O) groups excluding carboxylic acids is 2. The van der Waals surface area contributed by atoms with Gasteiger partial charge in [-0.2, -0.15) is 0 Å². The van der Waals surface area contributed by atoms with Crippen LogP contribution in [0.5, 0.6) is 0 Å². The molecular formula is C38H43F2N11O2. The molecule has 53 heavy (non-hydrogen) atoms. The SMILES string of the molecule is Cc1nc2c(F)cc(-c3nc(Nc4ccc(CN5CCN(CCCNc6ccc(N7CCC(=O)NC7=O)cc6)CC5)cn4)ncc3F)cc2n1C(C)C. The van der Waals surface area contributed by atoms with Gasteiger partial charge in [0.1, 0.15) is 22.9 Å². The third-order valence-corrected chi connectivity index (χ3v) is 9.61. The fourth-order valence-corrected chi connectivity index (χ4v) is 6.93. The molecule has 3 aromatic heterocycles. The number of amides is 3. The molecule has 0 bridgehead atoms. The van der Waals surface area contributed by atoms with Crippen LogP contribution in [-0.2, 0) is 11.3 Å². The molecule has 7 rings (SSSR count). The van der Waals surface area contributed by atoms with Gasteiger partial charge in [-0.25, -0.2) is 33.5 Å². The summed E-state index contributed by atoms with van der Waals surface area (Å²) in [5, 5.41) is 8.86. The molecule has 2 aromatic carbocycles. The fourth-order valence-electron chi connectivity index (χ4n) is 6.93. The number of imide groups is 1. The van der Waals surface area contributed by atoms with Crippen LogP contribution in [0.1, 0.15) is 44.1 Å². The minimum Gasteiger partial charge on any atom is -0.385 e. The van der Waals surface area contributed by atoms with Gasteiger partial charge >= 0.3 is 6.03 Å². The maximum Gasteiger partial charge on any atom is 0.328 e. The third kappa shape index (κ3) is 8.26. The lowest BCUT2D eigenvalue weighted by Gasteiger charge is -2.34. The molecular weight excluding hydrogens is 680 g/mol. The number of anilines is 4. The van der Waals surface area contributed by atoms with E-state index in [4.69, 9.17) is 0 Å². The first kappa shape index (κ1) is 35.8. The molecule has 0 saturated carbocycles. The maximum atomic E-state index is 15.1. The summed E-state index contributed by atoms with van der Waals surface area (Å²) in [6, 6.07) is 14.2. The Morgan fingerprint density at radius 3 is 2.38 bits per heavy atom. The number of nitrogens with one attached hydrogen (secondary N) is 3. The van der Waals surface area contributed by atoms with E-state index >= 15 is 4.39 Å². The van der Waals surface area contributed by atoms with Crippen LogP contribution >= 0.6 is 0 Å². The lowest BCUT2D eigenvalue weighted by Crippen LogP contribution is -2.49. The Morgan fingerprint density at radius 1 is 0.887 bits per heavy atom. The number of halogens is 2. The quantitative estimate of drug-likeness (QED) is 0.134. The number of carbonyl (C=O) groups is 2. The summed E-state index contributed by atoms with van der Waals surface area (Å²) in [6.45, 7) is 12.7. The van der Waals surface area contributed by atoms with Crippen LogP contribution in [0.2, 0.25) is 0 Å². The average Bonchev–Trinajstić information content (AvgIpc) is 3.49. The molecule has 0 atom stereocenters. The van der Waals surface area contributed by atoms with Crippen molar-refractivity contribution in [1.29, 1.82) is 0 Å². The zero-order valence-corrected chi connectivity index (χ0v) is 30.1. The number of hydrogen-bond donors (Lipinski definition) is 3. The van der Waals surface area contributed by atoms with Crippen LogP contribution in [0.25, 0.3) is 22.3 Å².